The molecule has 1 fully saturated rings. The average molecular weight is 449 g/mol. The number of piperidine rings is 1. The van der Waals surface area contributed by atoms with Crippen molar-refractivity contribution in [3.63, 3.8) is 0 Å². The number of rotatable bonds is 7. The van der Waals surface area contributed by atoms with Gasteiger partial charge in [-0.1, -0.05) is 42.0 Å². The Morgan fingerprint density at radius 2 is 1.91 bits per heavy atom. The van der Waals surface area contributed by atoms with Crippen LogP contribution in [0.5, 0.6) is 5.75 Å². The van der Waals surface area contributed by atoms with E-state index in [0.29, 0.717) is 12.1 Å². The molecule has 1 amide bonds. The fourth-order valence-corrected chi connectivity index (χ4v) is 5.07. The molecule has 1 aromatic heterocycles. The topological polar surface area (TPSA) is 59.5 Å². The number of aromatic nitrogens is 1. The highest BCUT2D eigenvalue weighted by Crippen LogP contribution is 2.35. The second-order valence-corrected chi connectivity index (χ2v) is 9.13. The lowest BCUT2D eigenvalue weighted by atomic mass is 9.97. The van der Waals surface area contributed by atoms with Crippen LogP contribution in [-0.2, 0) is 4.79 Å². The molecule has 0 radical (unpaired) electrons. The van der Waals surface area contributed by atoms with Crippen molar-refractivity contribution >= 4 is 23.0 Å². The molecule has 4 rings (SSSR count). The van der Waals surface area contributed by atoms with Crippen LogP contribution < -0.4 is 4.74 Å². The van der Waals surface area contributed by atoms with Gasteiger partial charge in [0.25, 0.3) is 0 Å². The number of amides is 1. The molecule has 1 aliphatic rings. The van der Waals surface area contributed by atoms with Crippen LogP contribution in [-0.4, -0.2) is 41.8 Å². The van der Waals surface area contributed by atoms with Crippen LogP contribution in [0.1, 0.15) is 52.5 Å². The zero-order chi connectivity index (χ0) is 22.5. The van der Waals surface area contributed by atoms with E-state index in [4.69, 9.17) is 9.72 Å². The number of Topliss-reactive ketones (excluding diaryl/α,β-unsaturated/α-hetero) is 1. The van der Waals surface area contributed by atoms with Gasteiger partial charge < -0.3 is 9.64 Å². The number of hydrogen-bond acceptors (Lipinski definition) is 5. The molecular formula is C26H28N2O3S. The number of ether oxygens (including phenoxy) is 1. The first-order chi connectivity index (χ1) is 15.5. The molecule has 2 aromatic carbocycles. The van der Waals surface area contributed by atoms with E-state index < -0.39 is 0 Å². The van der Waals surface area contributed by atoms with Gasteiger partial charge in [0.05, 0.1) is 17.8 Å². The zero-order valence-corrected chi connectivity index (χ0v) is 19.4. The van der Waals surface area contributed by atoms with Crippen LogP contribution in [0.2, 0.25) is 0 Å². The van der Waals surface area contributed by atoms with E-state index in [1.807, 2.05) is 60.4 Å². The Hall–Kier alpha value is -2.99. The number of nitrogens with zero attached hydrogens (tertiary/aromatic N) is 2. The first-order valence-electron chi connectivity index (χ1n) is 11.0. The van der Waals surface area contributed by atoms with Gasteiger partial charge in [-0.05, 0) is 31.9 Å². The van der Waals surface area contributed by atoms with Gasteiger partial charge in [0.1, 0.15) is 5.75 Å². The number of methoxy groups -OCH3 is 1. The van der Waals surface area contributed by atoms with Gasteiger partial charge in [0, 0.05) is 48.4 Å². The van der Waals surface area contributed by atoms with Crippen LogP contribution in [0.4, 0.5) is 0 Å². The number of carbonyl (C=O) groups is 2. The lowest BCUT2D eigenvalue weighted by Crippen LogP contribution is -2.39. The van der Waals surface area contributed by atoms with Crippen molar-refractivity contribution in [1.29, 1.82) is 0 Å². The Bertz CT molecular complexity index is 1090. The predicted molar refractivity (Wildman–Crippen MR) is 127 cm³/mol. The summed E-state index contributed by atoms with van der Waals surface area (Å²) in [5, 5.41) is 3.12. The van der Waals surface area contributed by atoms with Gasteiger partial charge in [-0.15, -0.1) is 11.3 Å². The first-order valence-corrected chi connectivity index (χ1v) is 11.9. The third-order valence-corrected chi connectivity index (χ3v) is 6.97. The number of benzene rings is 2. The van der Waals surface area contributed by atoms with Gasteiger partial charge in [-0.25, -0.2) is 4.98 Å². The van der Waals surface area contributed by atoms with Crippen molar-refractivity contribution in [3.05, 3.63) is 70.0 Å². The number of para-hydroxylation sites is 1. The van der Waals surface area contributed by atoms with Crippen LogP contribution in [0.15, 0.2) is 53.9 Å². The molecule has 0 saturated carbocycles. The summed E-state index contributed by atoms with van der Waals surface area (Å²) < 4.78 is 5.47. The van der Waals surface area contributed by atoms with Gasteiger partial charge in [0.2, 0.25) is 5.91 Å². The number of thiazole rings is 1. The number of likely N-dealkylation sites (tertiary alicyclic amines) is 1. The molecule has 5 nitrogen and oxygen atoms in total. The fourth-order valence-electron chi connectivity index (χ4n) is 4.12. The maximum atomic E-state index is 12.8. The van der Waals surface area contributed by atoms with E-state index in [0.717, 1.165) is 47.0 Å². The number of carbonyl (C=O) groups excluding carboxylic acids is 2. The second-order valence-electron chi connectivity index (χ2n) is 8.24. The molecule has 6 heteroatoms. The second kappa shape index (κ2) is 10.1. The Labute approximate surface area is 193 Å². The Balaban J connectivity index is 1.37. The highest BCUT2D eigenvalue weighted by Gasteiger charge is 2.27. The summed E-state index contributed by atoms with van der Waals surface area (Å²) in [5.74, 6) is 1.11. The molecule has 0 unspecified atom stereocenters. The van der Waals surface area contributed by atoms with Crippen LogP contribution >= 0.6 is 11.3 Å². The molecule has 3 aromatic rings. The zero-order valence-electron chi connectivity index (χ0n) is 18.5. The molecule has 166 valence electrons. The summed E-state index contributed by atoms with van der Waals surface area (Å²) >= 11 is 1.64. The van der Waals surface area contributed by atoms with E-state index >= 15 is 0 Å². The monoisotopic (exact) mass is 448 g/mol. The first kappa shape index (κ1) is 22.2. The van der Waals surface area contributed by atoms with Crippen LogP contribution in [0.25, 0.3) is 11.3 Å². The molecule has 1 aliphatic heterocycles. The molecule has 0 bridgehead atoms. The van der Waals surface area contributed by atoms with Gasteiger partial charge in [-0.2, -0.15) is 0 Å². The maximum absolute atomic E-state index is 12.8. The molecule has 0 spiro atoms. The SMILES string of the molecule is COc1ccccc1-c1csc([C@H]2CCCN(C(=O)CCC(=O)c3ccc(C)cc3)C2)n1. The van der Waals surface area contributed by atoms with Crippen molar-refractivity contribution < 1.29 is 14.3 Å². The summed E-state index contributed by atoms with van der Waals surface area (Å²) in [5.41, 5.74) is 3.69. The summed E-state index contributed by atoms with van der Waals surface area (Å²) in [6.07, 6.45) is 2.47. The third-order valence-electron chi connectivity index (χ3n) is 5.97. The minimum Gasteiger partial charge on any atom is -0.496 e. The number of aryl methyl sites for hydroxylation is 1. The fraction of sp³-hybridized carbons (Fsp3) is 0.346. The standard InChI is InChI=1S/C26H28N2O3S/c1-18-9-11-19(12-10-18)23(29)13-14-25(30)28-15-5-6-20(16-28)26-27-22(17-32-26)21-7-3-4-8-24(21)31-2/h3-4,7-12,17,20H,5-6,13-16H2,1-2H3/t20-/m0/s1. The Morgan fingerprint density at radius 3 is 2.69 bits per heavy atom. The summed E-state index contributed by atoms with van der Waals surface area (Å²) in [6, 6.07) is 15.4. The summed E-state index contributed by atoms with van der Waals surface area (Å²) in [7, 11) is 1.67. The largest absolute Gasteiger partial charge is 0.496 e. The number of ketones is 1. The minimum absolute atomic E-state index is 0.0216. The molecular weight excluding hydrogens is 420 g/mol. The van der Waals surface area contributed by atoms with Crippen LogP contribution in [0.3, 0.4) is 0 Å². The predicted octanol–water partition coefficient (Wildman–Crippen LogP) is 5.50. The highest BCUT2D eigenvalue weighted by atomic mass is 32.1. The van der Waals surface area contributed by atoms with Crippen molar-refractivity contribution in [1.82, 2.24) is 9.88 Å². The summed E-state index contributed by atoms with van der Waals surface area (Å²) in [4.78, 5) is 32.0. The molecule has 1 atom stereocenters. The molecule has 32 heavy (non-hydrogen) atoms. The maximum Gasteiger partial charge on any atom is 0.223 e. The van der Waals surface area contributed by atoms with Crippen molar-refractivity contribution in [2.75, 3.05) is 20.2 Å². The van der Waals surface area contributed by atoms with E-state index in [1.54, 1.807) is 18.4 Å². The van der Waals surface area contributed by atoms with Gasteiger partial charge in [-0.3, -0.25) is 9.59 Å². The van der Waals surface area contributed by atoms with Crippen molar-refractivity contribution in [3.8, 4) is 17.0 Å². The lowest BCUT2D eigenvalue weighted by Gasteiger charge is -2.32. The molecule has 2 heterocycles. The Morgan fingerprint density at radius 1 is 1.12 bits per heavy atom. The van der Waals surface area contributed by atoms with E-state index in [1.165, 1.54) is 0 Å². The van der Waals surface area contributed by atoms with E-state index in [-0.39, 0.29) is 30.4 Å². The van der Waals surface area contributed by atoms with Crippen molar-refractivity contribution in [2.24, 2.45) is 0 Å². The molecule has 0 aliphatic carbocycles. The average Bonchev–Trinajstić information content (AvgIpc) is 3.33. The normalized spacial score (nSPS) is 16.1. The number of hydrogen-bond donors (Lipinski definition) is 0. The highest BCUT2D eigenvalue weighted by molar-refractivity contribution is 7.10. The lowest BCUT2D eigenvalue weighted by molar-refractivity contribution is -0.132. The van der Waals surface area contributed by atoms with E-state index in [2.05, 4.69) is 5.38 Å². The van der Waals surface area contributed by atoms with Gasteiger partial charge >= 0.3 is 0 Å². The Kier molecular flexibility index (Phi) is 7.00. The van der Waals surface area contributed by atoms with E-state index in [9.17, 15) is 9.59 Å². The smallest absolute Gasteiger partial charge is 0.223 e. The van der Waals surface area contributed by atoms with Gasteiger partial charge in [0.15, 0.2) is 5.78 Å². The van der Waals surface area contributed by atoms with Crippen molar-refractivity contribution in [2.45, 2.75) is 38.5 Å². The third kappa shape index (κ3) is 5.07. The summed E-state index contributed by atoms with van der Waals surface area (Å²) in [6.45, 7) is 3.40. The van der Waals surface area contributed by atoms with Crippen LogP contribution in [0, 0.1) is 6.92 Å². The minimum atomic E-state index is 0.0216. The quantitative estimate of drug-likeness (QED) is 0.448. The molecule has 1 saturated heterocycles. The molecule has 0 N–H and O–H groups in total.